The van der Waals surface area contributed by atoms with Crippen molar-refractivity contribution in [3.05, 3.63) is 23.8 Å². The lowest BCUT2D eigenvalue weighted by Crippen LogP contribution is -2.07. The summed E-state index contributed by atoms with van der Waals surface area (Å²) in [6.07, 6.45) is 5.24. The summed E-state index contributed by atoms with van der Waals surface area (Å²) in [5.74, 6) is 2.93. The Morgan fingerprint density at radius 2 is 2.29 bits per heavy atom. The Morgan fingerprint density at radius 3 is 2.79 bits per heavy atom. The standard InChI is InChI=1S/C11H11NO2/c1-4-9-5-6-11(14-3)10(7-9)12-8(2)13/h1,5-7H,2-3H3,(H,12,13). The molecule has 0 heterocycles. The first kappa shape index (κ1) is 10.1. The van der Waals surface area contributed by atoms with Crippen molar-refractivity contribution in [3.8, 4) is 18.1 Å². The average Bonchev–Trinajstić information content (AvgIpc) is 2.16. The van der Waals surface area contributed by atoms with Crippen molar-refractivity contribution in [2.45, 2.75) is 6.92 Å². The molecule has 0 spiro atoms. The monoisotopic (exact) mass is 189 g/mol. The number of carbonyl (C=O) groups is 1. The highest BCUT2D eigenvalue weighted by Crippen LogP contribution is 2.24. The first-order valence-electron chi connectivity index (χ1n) is 4.09. The molecular weight excluding hydrogens is 178 g/mol. The SMILES string of the molecule is C#Cc1ccc(OC)c(NC(C)=O)c1. The number of hydrogen-bond donors (Lipinski definition) is 1. The summed E-state index contributed by atoms with van der Waals surface area (Å²) >= 11 is 0. The number of carbonyl (C=O) groups excluding carboxylic acids is 1. The van der Waals surface area contributed by atoms with Gasteiger partial charge in [-0.25, -0.2) is 0 Å². The van der Waals surface area contributed by atoms with Crippen molar-refractivity contribution in [2.75, 3.05) is 12.4 Å². The van der Waals surface area contributed by atoms with Gasteiger partial charge in [0.1, 0.15) is 5.75 Å². The van der Waals surface area contributed by atoms with E-state index < -0.39 is 0 Å². The number of ether oxygens (including phenoxy) is 1. The van der Waals surface area contributed by atoms with Gasteiger partial charge >= 0.3 is 0 Å². The molecule has 0 radical (unpaired) electrons. The van der Waals surface area contributed by atoms with E-state index in [9.17, 15) is 4.79 Å². The van der Waals surface area contributed by atoms with Gasteiger partial charge in [0.2, 0.25) is 5.91 Å². The number of benzene rings is 1. The molecule has 1 N–H and O–H groups in total. The second-order valence-electron chi connectivity index (χ2n) is 2.74. The molecule has 0 aliphatic heterocycles. The average molecular weight is 189 g/mol. The number of methoxy groups -OCH3 is 1. The van der Waals surface area contributed by atoms with E-state index in [-0.39, 0.29) is 5.91 Å². The molecule has 0 aromatic heterocycles. The zero-order valence-corrected chi connectivity index (χ0v) is 8.13. The summed E-state index contributed by atoms with van der Waals surface area (Å²) in [7, 11) is 1.54. The molecule has 0 saturated heterocycles. The van der Waals surface area contributed by atoms with Crippen molar-refractivity contribution in [2.24, 2.45) is 0 Å². The minimum absolute atomic E-state index is 0.155. The molecule has 1 aromatic rings. The van der Waals surface area contributed by atoms with Crippen molar-refractivity contribution >= 4 is 11.6 Å². The van der Waals surface area contributed by atoms with Crippen molar-refractivity contribution < 1.29 is 9.53 Å². The summed E-state index contributed by atoms with van der Waals surface area (Å²) in [5.41, 5.74) is 1.30. The van der Waals surface area contributed by atoms with Gasteiger partial charge in [0.15, 0.2) is 0 Å². The van der Waals surface area contributed by atoms with Gasteiger partial charge in [0, 0.05) is 12.5 Å². The van der Waals surface area contributed by atoms with Crippen LogP contribution in [0.5, 0.6) is 5.75 Å². The molecule has 0 atom stereocenters. The minimum Gasteiger partial charge on any atom is -0.495 e. The smallest absolute Gasteiger partial charge is 0.221 e. The molecular formula is C11H11NO2. The molecule has 1 rings (SSSR count). The molecule has 14 heavy (non-hydrogen) atoms. The maximum absolute atomic E-state index is 10.9. The van der Waals surface area contributed by atoms with Crippen LogP contribution < -0.4 is 10.1 Å². The molecule has 1 amide bonds. The zero-order chi connectivity index (χ0) is 10.6. The fraction of sp³-hybridized carbons (Fsp3) is 0.182. The van der Waals surface area contributed by atoms with E-state index in [1.165, 1.54) is 14.0 Å². The van der Waals surface area contributed by atoms with Crippen LogP contribution in [0, 0.1) is 12.3 Å². The van der Waals surface area contributed by atoms with Gasteiger partial charge in [-0.05, 0) is 18.2 Å². The number of nitrogens with one attached hydrogen (secondary N) is 1. The molecule has 3 heteroatoms. The Bertz CT molecular complexity index is 391. The van der Waals surface area contributed by atoms with Gasteiger partial charge < -0.3 is 10.1 Å². The fourth-order valence-electron chi connectivity index (χ4n) is 1.09. The van der Waals surface area contributed by atoms with Crippen LogP contribution >= 0.6 is 0 Å². The number of amides is 1. The van der Waals surface area contributed by atoms with E-state index in [0.29, 0.717) is 17.0 Å². The molecule has 0 saturated carbocycles. The Labute approximate surface area is 83.1 Å². The fourth-order valence-corrected chi connectivity index (χ4v) is 1.09. The van der Waals surface area contributed by atoms with Gasteiger partial charge in [-0.2, -0.15) is 0 Å². The summed E-state index contributed by atoms with van der Waals surface area (Å²) in [6, 6.07) is 5.17. The number of terminal acetylenes is 1. The van der Waals surface area contributed by atoms with Crippen LogP contribution in [0.2, 0.25) is 0 Å². The summed E-state index contributed by atoms with van der Waals surface area (Å²) < 4.78 is 5.06. The lowest BCUT2D eigenvalue weighted by molar-refractivity contribution is -0.114. The normalized spacial score (nSPS) is 8.93. The predicted molar refractivity (Wildman–Crippen MR) is 55.2 cm³/mol. The molecule has 0 bridgehead atoms. The molecule has 1 aromatic carbocycles. The third kappa shape index (κ3) is 2.27. The van der Waals surface area contributed by atoms with Crippen LogP contribution in [0.4, 0.5) is 5.69 Å². The van der Waals surface area contributed by atoms with Crippen LogP contribution in [0.15, 0.2) is 18.2 Å². The zero-order valence-electron chi connectivity index (χ0n) is 8.13. The third-order valence-corrected chi connectivity index (χ3v) is 1.68. The highest BCUT2D eigenvalue weighted by atomic mass is 16.5. The van der Waals surface area contributed by atoms with Crippen LogP contribution in [0.3, 0.4) is 0 Å². The lowest BCUT2D eigenvalue weighted by atomic mass is 10.2. The number of rotatable bonds is 2. The second-order valence-corrected chi connectivity index (χ2v) is 2.74. The van der Waals surface area contributed by atoms with Crippen molar-refractivity contribution in [3.63, 3.8) is 0 Å². The predicted octanol–water partition coefficient (Wildman–Crippen LogP) is 1.63. The Morgan fingerprint density at radius 1 is 1.57 bits per heavy atom. The van der Waals surface area contributed by atoms with E-state index in [0.717, 1.165) is 0 Å². The summed E-state index contributed by atoms with van der Waals surface area (Å²) in [6.45, 7) is 1.43. The summed E-state index contributed by atoms with van der Waals surface area (Å²) in [4.78, 5) is 10.9. The maximum atomic E-state index is 10.9. The third-order valence-electron chi connectivity index (χ3n) is 1.68. The van der Waals surface area contributed by atoms with E-state index in [1.54, 1.807) is 18.2 Å². The van der Waals surface area contributed by atoms with E-state index in [4.69, 9.17) is 11.2 Å². The van der Waals surface area contributed by atoms with E-state index in [1.807, 2.05) is 0 Å². The Balaban J connectivity index is 3.09. The van der Waals surface area contributed by atoms with Crippen LogP contribution in [0.1, 0.15) is 12.5 Å². The molecule has 0 aliphatic rings. The first-order valence-corrected chi connectivity index (χ1v) is 4.09. The topological polar surface area (TPSA) is 38.3 Å². The maximum Gasteiger partial charge on any atom is 0.221 e. The first-order chi connectivity index (χ1) is 6.67. The van der Waals surface area contributed by atoms with Gasteiger partial charge in [0.25, 0.3) is 0 Å². The lowest BCUT2D eigenvalue weighted by Gasteiger charge is -2.08. The quantitative estimate of drug-likeness (QED) is 0.718. The molecule has 72 valence electrons. The Hall–Kier alpha value is -1.95. The van der Waals surface area contributed by atoms with Crippen LogP contribution in [-0.4, -0.2) is 13.0 Å². The van der Waals surface area contributed by atoms with Gasteiger partial charge in [-0.15, -0.1) is 6.42 Å². The molecule has 0 aliphatic carbocycles. The highest BCUT2D eigenvalue weighted by molar-refractivity contribution is 5.90. The highest BCUT2D eigenvalue weighted by Gasteiger charge is 2.04. The molecule has 0 fully saturated rings. The minimum atomic E-state index is -0.155. The van der Waals surface area contributed by atoms with E-state index >= 15 is 0 Å². The van der Waals surface area contributed by atoms with Crippen LogP contribution in [0.25, 0.3) is 0 Å². The number of anilines is 1. The van der Waals surface area contributed by atoms with Crippen molar-refractivity contribution in [1.29, 1.82) is 0 Å². The van der Waals surface area contributed by atoms with E-state index in [2.05, 4.69) is 11.2 Å². The van der Waals surface area contributed by atoms with Gasteiger partial charge in [-0.1, -0.05) is 5.92 Å². The van der Waals surface area contributed by atoms with Gasteiger partial charge in [0.05, 0.1) is 12.8 Å². The van der Waals surface area contributed by atoms with Crippen LogP contribution in [-0.2, 0) is 4.79 Å². The second kappa shape index (κ2) is 4.33. The van der Waals surface area contributed by atoms with Gasteiger partial charge in [-0.3, -0.25) is 4.79 Å². The number of hydrogen-bond acceptors (Lipinski definition) is 2. The van der Waals surface area contributed by atoms with Crippen molar-refractivity contribution in [1.82, 2.24) is 0 Å². The molecule has 0 unspecified atom stereocenters. The largest absolute Gasteiger partial charge is 0.495 e. The Kier molecular flexibility index (Phi) is 3.14. The molecule has 3 nitrogen and oxygen atoms in total. The summed E-state index contributed by atoms with van der Waals surface area (Å²) in [5, 5.41) is 2.64.